The molecule has 0 unspecified atom stereocenters. The highest BCUT2D eigenvalue weighted by atomic mass is 32.2. The van der Waals surface area contributed by atoms with Gasteiger partial charge in [-0.3, -0.25) is 13.9 Å². The van der Waals surface area contributed by atoms with Crippen molar-refractivity contribution in [3.05, 3.63) is 27.9 Å². The molecule has 0 amide bonds. The second-order valence-electron chi connectivity index (χ2n) is 3.99. The Balaban J connectivity index is 2.28. The lowest BCUT2D eigenvalue weighted by molar-refractivity contribution is 0.415. The minimum absolute atomic E-state index is 0.154. The molecule has 19 heavy (non-hydrogen) atoms. The van der Waals surface area contributed by atoms with Crippen LogP contribution in [0.15, 0.2) is 23.0 Å². The number of nitrogens with zero attached hydrogens (tertiary/aromatic N) is 1. The van der Waals surface area contributed by atoms with Gasteiger partial charge in [0, 0.05) is 6.54 Å². The molecule has 1 N–H and O–H groups in total. The van der Waals surface area contributed by atoms with E-state index in [-0.39, 0.29) is 23.6 Å². The van der Waals surface area contributed by atoms with Crippen molar-refractivity contribution in [1.29, 1.82) is 0 Å². The smallest absolute Gasteiger partial charge is 0.308 e. The Kier molecular flexibility index (Phi) is 3.93. The summed E-state index contributed by atoms with van der Waals surface area (Å²) in [4.78, 5) is 11.7. The van der Waals surface area contributed by atoms with Crippen LogP contribution in [0.25, 0.3) is 10.2 Å². The normalized spacial score (nSPS) is 11.9. The number of hydrogen-bond acceptors (Lipinski definition) is 5. The molecule has 0 spiro atoms. The van der Waals surface area contributed by atoms with Crippen molar-refractivity contribution < 1.29 is 17.7 Å². The summed E-state index contributed by atoms with van der Waals surface area (Å²) in [5.74, 6) is 0.311. The van der Waals surface area contributed by atoms with E-state index in [4.69, 9.17) is 9.29 Å². The predicted octanol–water partition coefficient (Wildman–Crippen LogP) is 1.35. The maximum Gasteiger partial charge on any atom is 0.308 e. The van der Waals surface area contributed by atoms with Gasteiger partial charge in [0.05, 0.1) is 23.1 Å². The van der Waals surface area contributed by atoms with Gasteiger partial charge in [-0.05, 0) is 24.6 Å². The van der Waals surface area contributed by atoms with Crippen LogP contribution in [-0.2, 0) is 16.7 Å². The largest absolute Gasteiger partial charge is 0.497 e. The van der Waals surface area contributed by atoms with Crippen molar-refractivity contribution in [3.63, 3.8) is 0 Å². The van der Waals surface area contributed by atoms with E-state index in [0.717, 1.165) is 21.6 Å². The first-order chi connectivity index (χ1) is 8.90. The molecule has 0 aliphatic rings. The van der Waals surface area contributed by atoms with Crippen LogP contribution < -0.4 is 9.61 Å². The van der Waals surface area contributed by atoms with Crippen molar-refractivity contribution in [2.45, 2.75) is 13.0 Å². The van der Waals surface area contributed by atoms with Crippen molar-refractivity contribution in [2.24, 2.45) is 0 Å². The van der Waals surface area contributed by atoms with Gasteiger partial charge in [0.2, 0.25) is 0 Å². The number of rotatable bonds is 5. The summed E-state index contributed by atoms with van der Waals surface area (Å²) < 4.78 is 37.3. The highest BCUT2D eigenvalue weighted by Crippen LogP contribution is 2.23. The quantitative estimate of drug-likeness (QED) is 0.843. The third-order valence-corrected chi connectivity index (χ3v) is 4.41. The first-order valence-corrected chi connectivity index (χ1v) is 7.96. The average Bonchev–Trinajstić information content (AvgIpc) is 2.63. The zero-order valence-electron chi connectivity index (χ0n) is 10.2. The minimum Gasteiger partial charge on any atom is -0.497 e. The molecule has 6 nitrogen and oxygen atoms in total. The fourth-order valence-electron chi connectivity index (χ4n) is 1.79. The Morgan fingerprint density at radius 1 is 1.42 bits per heavy atom. The maximum absolute atomic E-state index is 11.8. The zero-order chi connectivity index (χ0) is 14.0. The molecule has 0 aliphatic heterocycles. The number of benzene rings is 1. The molecule has 2 aromatic rings. The van der Waals surface area contributed by atoms with Gasteiger partial charge in [-0.2, -0.15) is 8.42 Å². The lowest BCUT2D eigenvalue weighted by Gasteiger charge is -2.03. The van der Waals surface area contributed by atoms with E-state index in [1.807, 2.05) is 0 Å². The Morgan fingerprint density at radius 3 is 2.79 bits per heavy atom. The van der Waals surface area contributed by atoms with Gasteiger partial charge >= 0.3 is 4.87 Å². The SMILES string of the molecule is COc1ccc2c(c1)sc(=O)n2CCCS(=O)(=O)O. The van der Waals surface area contributed by atoms with Gasteiger partial charge < -0.3 is 4.74 Å². The van der Waals surface area contributed by atoms with Crippen LogP contribution in [0.5, 0.6) is 5.75 Å². The Labute approximate surface area is 114 Å². The molecule has 0 saturated heterocycles. The summed E-state index contributed by atoms with van der Waals surface area (Å²) >= 11 is 1.08. The van der Waals surface area contributed by atoms with Gasteiger partial charge in [0.1, 0.15) is 5.75 Å². The molecule has 0 fully saturated rings. The molecule has 2 rings (SSSR count). The predicted molar refractivity (Wildman–Crippen MR) is 73.7 cm³/mol. The molecule has 0 atom stereocenters. The number of methoxy groups -OCH3 is 1. The summed E-state index contributed by atoms with van der Waals surface area (Å²) in [6, 6.07) is 5.27. The molecule has 1 aromatic heterocycles. The summed E-state index contributed by atoms with van der Waals surface area (Å²) in [6.45, 7) is 0.255. The molecular weight excluding hydrogens is 290 g/mol. The van der Waals surface area contributed by atoms with Crippen LogP contribution >= 0.6 is 11.3 Å². The number of ether oxygens (including phenoxy) is 1. The van der Waals surface area contributed by atoms with E-state index >= 15 is 0 Å². The highest BCUT2D eigenvalue weighted by molar-refractivity contribution is 7.85. The Hall–Kier alpha value is -1.38. The summed E-state index contributed by atoms with van der Waals surface area (Å²) in [6.07, 6.45) is 0.191. The van der Waals surface area contributed by atoms with E-state index in [9.17, 15) is 13.2 Å². The standard InChI is InChI=1S/C11H13NO5S2/c1-17-8-3-4-9-10(7-8)18-11(13)12(9)5-2-6-19(14,15)16/h3-4,7H,2,5-6H2,1H3,(H,14,15,16). The first kappa shape index (κ1) is 14.0. The van der Waals surface area contributed by atoms with Crippen LogP contribution in [0.2, 0.25) is 0 Å². The van der Waals surface area contributed by atoms with Crippen LogP contribution in [-0.4, -0.2) is 30.4 Å². The minimum atomic E-state index is -3.99. The molecule has 104 valence electrons. The van der Waals surface area contributed by atoms with Gasteiger partial charge in [-0.25, -0.2) is 0 Å². The fraction of sp³-hybridized carbons (Fsp3) is 0.364. The number of aryl methyl sites for hydroxylation is 1. The third-order valence-electron chi connectivity index (χ3n) is 2.66. The Bertz CT molecular complexity index is 744. The van der Waals surface area contributed by atoms with E-state index < -0.39 is 10.1 Å². The van der Waals surface area contributed by atoms with Crippen molar-refractivity contribution in [2.75, 3.05) is 12.9 Å². The van der Waals surface area contributed by atoms with Crippen molar-refractivity contribution >= 4 is 31.7 Å². The van der Waals surface area contributed by atoms with E-state index in [2.05, 4.69) is 0 Å². The maximum atomic E-state index is 11.8. The molecule has 0 saturated carbocycles. The van der Waals surface area contributed by atoms with E-state index in [1.54, 1.807) is 25.3 Å². The number of thiazole rings is 1. The van der Waals surface area contributed by atoms with E-state index in [1.165, 1.54) is 4.57 Å². The molecule has 0 bridgehead atoms. The van der Waals surface area contributed by atoms with E-state index in [0.29, 0.717) is 5.75 Å². The van der Waals surface area contributed by atoms with Gasteiger partial charge in [0.15, 0.2) is 0 Å². The van der Waals surface area contributed by atoms with Crippen LogP contribution in [0.1, 0.15) is 6.42 Å². The Morgan fingerprint density at radius 2 is 2.16 bits per heavy atom. The van der Waals surface area contributed by atoms with Gasteiger partial charge in [-0.1, -0.05) is 11.3 Å². The number of hydrogen-bond donors (Lipinski definition) is 1. The summed E-state index contributed by atoms with van der Waals surface area (Å²) in [7, 11) is -2.44. The van der Waals surface area contributed by atoms with Crippen molar-refractivity contribution in [3.8, 4) is 5.75 Å². The van der Waals surface area contributed by atoms with Crippen LogP contribution in [0, 0.1) is 0 Å². The third kappa shape index (κ3) is 3.34. The second-order valence-corrected chi connectivity index (χ2v) is 6.56. The number of aromatic nitrogens is 1. The molecule has 0 aliphatic carbocycles. The topological polar surface area (TPSA) is 85.6 Å². The second kappa shape index (κ2) is 5.32. The molecule has 1 heterocycles. The highest BCUT2D eigenvalue weighted by Gasteiger charge is 2.10. The molecule has 1 aromatic carbocycles. The van der Waals surface area contributed by atoms with Gasteiger partial charge in [0.25, 0.3) is 10.1 Å². The van der Waals surface area contributed by atoms with Crippen LogP contribution in [0.3, 0.4) is 0 Å². The monoisotopic (exact) mass is 303 g/mol. The average molecular weight is 303 g/mol. The van der Waals surface area contributed by atoms with Crippen LogP contribution in [0.4, 0.5) is 0 Å². The van der Waals surface area contributed by atoms with Gasteiger partial charge in [-0.15, -0.1) is 0 Å². The number of fused-ring (bicyclic) bond motifs is 1. The lowest BCUT2D eigenvalue weighted by Crippen LogP contribution is -2.15. The summed E-state index contributed by atoms with van der Waals surface area (Å²) in [5.41, 5.74) is 0.742. The zero-order valence-corrected chi connectivity index (χ0v) is 11.8. The molecule has 0 radical (unpaired) electrons. The molecule has 8 heteroatoms. The van der Waals surface area contributed by atoms with Crippen molar-refractivity contribution in [1.82, 2.24) is 4.57 Å². The fourth-order valence-corrected chi connectivity index (χ4v) is 3.23. The summed E-state index contributed by atoms with van der Waals surface area (Å²) in [5, 5.41) is 0. The lowest BCUT2D eigenvalue weighted by atomic mass is 10.3. The molecular formula is C11H13NO5S2. The first-order valence-electron chi connectivity index (χ1n) is 5.53.